The van der Waals surface area contributed by atoms with Gasteiger partial charge < -0.3 is 0 Å². The van der Waals surface area contributed by atoms with Crippen LogP contribution in [0.25, 0.3) is 11.1 Å². The molecule has 0 N–H and O–H groups in total. The normalized spacial score (nSPS) is 10.3. The van der Waals surface area contributed by atoms with Crippen LogP contribution in [-0.4, -0.2) is 4.98 Å². The van der Waals surface area contributed by atoms with Crippen molar-refractivity contribution in [2.24, 2.45) is 0 Å². The van der Waals surface area contributed by atoms with Gasteiger partial charge in [-0.1, -0.05) is 11.6 Å². The highest BCUT2D eigenvalue weighted by atomic mass is 35.5. The van der Waals surface area contributed by atoms with E-state index >= 15 is 0 Å². The standard InChI is InChI=1S/C13H6ClF3N2/c1-6-2-8(9(5-18)13(14)19-6)12-10(16)3-7(15)4-11(12)17/h2-4H,1H3. The topological polar surface area (TPSA) is 36.7 Å². The van der Waals surface area contributed by atoms with Crippen LogP contribution in [0.3, 0.4) is 0 Å². The second-order valence-electron chi connectivity index (χ2n) is 3.83. The number of nitrogens with zero attached hydrogens (tertiary/aromatic N) is 2. The largest absolute Gasteiger partial charge is 0.240 e. The molecule has 0 radical (unpaired) electrons. The molecule has 0 aliphatic rings. The van der Waals surface area contributed by atoms with Gasteiger partial charge in [0, 0.05) is 23.4 Å². The van der Waals surface area contributed by atoms with E-state index in [0.717, 1.165) is 0 Å². The molecule has 1 aromatic heterocycles. The van der Waals surface area contributed by atoms with Crippen LogP contribution >= 0.6 is 11.6 Å². The smallest absolute Gasteiger partial charge is 0.147 e. The Kier molecular flexibility index (Phi) is 3.45. The molecule has 0 aliphatic carbocycles. The van der Waals surface area contributed by atoms with Crippen molar-refractivity contribution in [1.82, 2.24) is 4.98 Å². The molecule has 0 aliphatic heterocycles. The lowest BCUT2D eigenvalue weighted by atomic mass is 10.00. The number of benzene rings is 1. The summed E-state index contributed by atoms with van der Waals surface area (Å²) in [7, 11) is 0. The fourth-order valence-electron chi connectivity index (χ4n) is 1.74. The van der Waals surface area contributed by atoms with E-state index in [1.165, 1.54) is 6.07 Å². The van der Waals surface area contributed by atoms with Crippen LogP contribution in [0, 0.1) is 35.7 Å². The molecule has 1 aromatic carbocycles. The summed E-state index contributed by atoms with van der Waals surface area (Å²) in [6.45, 7) is 1.57. The van der Waals surface area contributed by atoms with Gasteiger partial charge in [-0.3, -0.25) is 0 Å². The number of pyridine rings is 1. The Morgan fingerprint density at radius 3 is 2.26 bits per heavy atom. The Morgan fingerprint density at radius 1 is 1.16 bits per heavy atom. The first-order valence-corrected chi connectivity index (χ1v) is 5.54. The van der Waals surface area contributed by atoms with E-state index in [-0.39, 0.29) is 16.3 Å². The zero-order valence-corrected chi connectivity index (χ0v) is 10.4. The molecule has 1 heterocycles. The van der Waals surface area contributed by atoms with Crippen molar-refractivity contribution in [2.75, 3.05) is 0 Å². The van der Waals surface area contributed by atoms with Crippen LogP contribution in [0.1, 0.15) is 11.3 Å². The molecule has 2 rings (SSSR count). The molecule has 19 heavy (non-hydrogen) atoms. The lowest BCUT2D eigenvalue weighted by Crippen LogP contribution is -1.98. The highest BCUT2D eigenvalue weighted by Crippen LogP contribution is 2.32. The van der Waals surface area contributed by atoms with Gasteiger partial charge in [0.2, 0.25) is 0 Å². The van der Waals surface area contributed by atoms with Crippen LogP contribution < -0.4 is 0 Å². The van der Waals surface area contributed by atoms with Crippen LogP contribution in [0.15, 0.2) is 18.2 Å². The summed E-state index contributed by atoms with van der Waals surface area (Å²) in [5, 5.41) is 8.84. The predicted molar refractivity (Wildman–Crippen MR) is 64.0 cm³/mol. The first-order valence-electron chi connectivity index (χ1n) is 5.16. The molecule has 2 aromatic rings. The average molecular weight is 283 g/mol. The molecule has 2 nitrogen and oxygen atoms in total. The summed E-state index contributed by atoms with van der Waals surface area (Å²) in [5.74, 6) is -3.24. The zero-order chi connectivity index (χ0) is 14.2. The third kappa shape index (κ3) is 2.40. The number of aryl methyl sites for hydroxylation is 1. The highest BCUT2D eigenvalue weighted by Gasteiger charge is 2.19. The number of hydrogen-bond donors (Lipinski definition) is 0. The Bertz CT molecular complexity index is 685. The second kappa shape index (κ2) is 4.90. The minimum Gasteiger partial charge on any atom is -0.240 e. The van der Waals surface area contributed by atoms with Crippen LogP contribution in [-0.2, 0) is 0 Å². The van der Waals surface area contributed by atoms with Crippen molar-refractivity contribution < 1.29 is 13.2 Å². The molecule has 0 saturated carbocycles. The number of halogens is 4. The predicted octanol–water partition coefficient (Wildman–Crippen LogP) is 4.00. The number of rotatable bonds is 1. The van der Waals surface area contributed by atoms with Crippen molar-refractivity contribution in [3.8, 4) is 17.2 Å². The van der Waals surface area contributed by atoms with Crippen molar-refractivity contribution in [3.05, 3.63) is 52.1 Å². The van der Waals surface area contributed by atoms with E-state index in [4.69, 9.17) is 16.9 Å². The van der Waals surface area contributed by atoms with Crippen LogP contribution in [0.2, 0.25) is 5.15 Å². The van der Waals surface area contributed by atoms with Gasteiger partial charge in [-0.05, 0) is 13.0 Å². The van der Waals surface area contributed by atoms with Gasteiger partial charge >= 0.3 is 0 Å². The molecule has 6 heteroatoms. The summed E-state index contributed by atoms with van der Waals surface area (Å²) in [5.41, 5.74) is -0.306. The first kappa shape index (κ1) is 13.4. The fraction of sp³-hybridized carbons (Fsp3) is 0.0769. The quantitative estimate of drug-likeness (QED) is 0.741. The summed E-state index contributed by atoms with van der Waals surface area (Å²) in [4.78, 5) is 3.83. The van der Waals surface area contributed by atoms with E-state index in [0.29, 0.717) is 17.8 Å². The summed E-state index contributed by atoms with van der Waals surface area (Å²) >= 11 is 5.77. The SMILES string of the molecule is Cc1cc(-c2c(F)cc(F)cc2F)c(C#N)c(Cl)n1. The molecule has 0 fully saturated rings. The van der Waals surface area contributed by atoms with Crippen molar-refractivity contribution in [1.29, 1.82) is 5.26 Å². The van der Waals surface area contributed by atoms with Gasteiger partial charge in [-0.25, -0.2) is 18.2 Å². The number of nitriles is 1. The maximum atomic E-state index is 13.7. The van der Waals surface area contributed by atoms with Crippen LogP contribution in [0.5, 0.6) is 0 Å². The molecular weight excluding hydrogens is 277 g/mol. The molecule has 0 unspecified atom stereocenters. The molecule has 0 amide bonds. The van der Waals surface area contributed by atoms with Crippen molar-refractivity contribution in [3.63, 3.8) is 0 Å². The molecule has 0 atom stereocenters. The van der Waals surface area contributed by atoms with Gasteiger partial charge in [0.15, 0.2) is 0 Å². The van der Waals surface area contributed by atoms with E-state index in [9.17, 15) is 13.2 Å². The Labute approximate surface area is 112 Å². The third-order valence-electron chi connectivity index (χ3n) is 2.49. The maximum Gasteiger partial charge on any atom is 0.147 e. The van der Waals surface area contributed by atoms with Gasteiger partial charge in [0.05, 0.1) is 11.1 Å². The second-order valence-corrected chi connectivity index (χ2v) is 4.19. The van der Waals surface area contributed by atoms with E-state index in [1.807, 2.05) is 0 Å². The fourth-order valence-corrected chi connectivity index (χ4v) is 2.02. The average Bonchev–Trinajstić information content (AvgIpc) is 2.26. The minimum absolute atomic E-state index is 0.0463. The van der Waals surface area contributed by atoms with Crippen molar-refractivity contribution >= 4 is 11.6 Å². The Morgan fingerprint density at radius 2 is 1.74 bits per heavy atom. The third-order valence-corrected chi connectivity index (χ3v) is 2.76. The highest BCUT2D eigenvalue weighted by molar-refractivity contribution is 6.31. The molecule has 0 spiro atoms. The minimum atomic E-state index is -1.10. The Balaban J connectivity index is 2.84. The lowest BCUT2D eigenvalue weighted by molar-refractivity contribution is 0.548. The molecule has 0 bridgehead atoms. The molecule has 96 valence electrons. The van der Waals surface area contributed by atoms with E-state index in [2.05, 4.69) is 4.98 Å². The van der Waals surface area contributed by atoms with E-state index < -0.39 is 23.0 Å². The monoisotopic (exact) mass is 282 g/mol. The Hall–Kier alpha value is -2.06. The van der Waals surface area contributed by atoms with Crippen molar-refractivity contribution in [2.45, 2.75) is 6.92 Å². The molecular formula is C13H6ClF3N2. The maximum absolute atomic E-state index is 13.7. The lowest BCUT2D eigenvalue weighted by Gasteiger charge is -2.09. The number of hydrogen-bond acceptors (Lipinski definition) is 2. The first-order chi connectivity index (χ1) is 8.93. The summed E-state index contributed by atoms with van der Waals surface area (Å²) in [6, 6.07) is 4.15. The van der Waals surface area contributed by atoms with E-state index in [1.54, 1.807) is 13.0 Å². The van der Waals surface area contributed by atoms with Gasteiger partial charge in [0.25, 0.3) is 0 Å². The zero-order valence-electron chi connectivity index (χ0n) is 9.64. The van der Waals surface area contributed by atoms with Crippen LogP contribution in [0.4, 0.5) is 13.2 Å². The van der Waals surface area contributed by atoms with Gasteiger partial charge in [-0.2, -0.15) is 5.26 Å². The summed E-state index contributed by atoms with van der Waals surface area (Å²) in [6.07, 6.45) is 0. The van der Waals surface area contributed by atoms with Gasteiger partial charge in [0.1, 0.15) is 28.7 Å². The summed E-state index contributed by atoms with van der Waals surface area (Å²) < 4.78 is 40.3. The molecule has 0 saturated heterocycles. The van der Waals surface area contributed by atoms with Gasteiger partial charge in [-0.15, -0.1) is 0 Å². The number of aromatic nitrogens is 1.